The molecule has 0 saturated carbocycles. The zero-order chi connectivity index (χ0) is 16.4. The number of halogens is 1. The highest BCUT2D eigenvalue weighted by Crippen LogP contribution is 2.14. The Bertz CT molecular complexity index is 339. The second kappa shape index (κ2) is 19.0. The Morgan fingerprint density at radius 1 is 0.667 bits per heavy atom. The van der Waals surface area contributed by atoms with Crippen LogP contribution < -0.4 is 0 Å². The van der Waals surface area contributed by atoms with Crippen LogP contribution >= 0.6 is 17.0 Å². The summed E-state index contributed by atoms with van der Waals surface area (Å²) in [6, 6.07) is 4.23. The minimum Gasteiger partial charge on any atom is -0.264 e. The van der Waals surface area contributed by atoms with E-state index in [0.29, 0.717) is 0 Å². The largest absolute Gasteiger partial charge is 0.264 e. The number of aryl methyl sites for hydroxylation is 1. The van der Waals surface area contributed by atoms with Crippen LogP contribution in [0.4, 0.5) is 0 Å². The lowest BCUT2D eigenvalue weighted by Gasteiger charge is -2.03. The van der Waals surface area contributed by atoms with Gasteiger partial charge in [-0.2, -0.15) is 0 Å². The maximum Gasteiger partial charge on any atom is 0.0299 e. The summed E-state index contributed by atoms with van der Waals surface area (Å²) in [5.41, 5.74) is 1.39. The number of aromatic nitrogens is 1. The third-order valence-electron chi connectivity index (χ3n) is 4.79. The Kier molecular flexibility index (Phi) is 18.7. The number of pyridine rings is 1. The molecule has 140 valence electrons. The van der Waals surface area contributed by atoms with Gasteiger partial charge in [-0.15, -0.1) is 17.0 Å². The first-order chi connectivity index (χ1) is 11.4. The average molecular weight is 398 g/mol. The van der Waals surface area contributed by atoms with Crippen molar-refractivity contribution < 1.29 is 0 Å². The summed E-state index contributed by atoms with van der Waals surface area (Å²) in [7, 11) is 0. The van der Waals surface area contributed by atoms with Crippen LogP contribution in [0.5, 0.6) is 0 Å². The molecule has 1 aromatic heterocycles. The second-order valence-electron chi connectivity index (χ2n) is 7.06. The Morgan fingerprint density at radius 3 is 1.54 bits per heavy atom. The van der Waals surface area contributed by atoms with Crippen LogP contribution in [0.15, 0.2) is 24.5 Å². The molecule has 24 heavy (non-hydrogen) atoms. The molecule has 0 spiro atoms. The fraction of sp³-hybridized carbons (Fsp3) is 0.773. The van der Waals surface area contributed by atoms with Crippen molar-refractivity contribution in [1.29, 1.82) is 0 Å². The molecule has 0 bridgehead atoms. The molecule has 1 nitrogen and oxygen atoms in total. The third-order valence-corrected chi connectivity index (χ3v) is 4.79. The van der Waals surface area contributed by atoms with Gasteiger partial charge in [0.1, 0.15) is 0 Å². The summed E-state index contributed by atoms with van der Waals surface area (Å²) in [6.45, 7) is 2.29. The van der Waals surface area contributed by atoms with E-state index in [4.69, 9.17) is 0 Å². The highest BCUT2D eigenvalue weighted by Gasteiger charge is 1.95. The molecular weight excluding hydrogens is 358 g/mol. The zero-order valence-corrected chi connectivity index (χ0v) is 17.7. The van der Waals surface area contributed by atoms with Gasteiger partial charge in [-0.1, -0.05) is 103 Å². The lowest BCUT2D eigenvalue weighted by Crippen LogP contribution is -1.87. The van der Waals surface area contributed by atoms with Gasteiger partial charge in [0.05, 0.1) is 0 Å². The standard InChI is InChI=1S/C22H39N.BrH/c1-2-3-4-5-6-7-8-9-10-11-12-13-14-15-16-18-22-19-17-20-23-21-22;/h17,19-21H,2-16,18H2,1H3;1H. The summed E-state index contributed by atoms with van der Waals surface area (Å²) in [6.07, 6.45) is 26.6. The van der Waals surface area contributed by atoms with Gasteiger partial charge in [0, 0.05) is 12.4 Å². The molecule has 0 aliphatic heterocycles. The smallest absolute Gasteiger partial charge is 0.0299 e. The van der Waals surface area contributed by atoms with E-state index in [1.54, 1.807) is 0 Å². The minimum atomic E-state index is 0. The van der Waals surface area contributed by atoms with E-state index in [2.05, 4.69) is 18.0 Å². The van der Waals surface area contributed by atoms with Gasteiger partial charge in [0.2, 0.25) is 0 Å². The minimum absolute atomic E-state index is 0. The van der Waals surface area contributed by atoms with Crippen LogP contribution in [0.2, 0.25) is 0 Å². The van der Waals surface area contributed by atoms with Crippen LogP contribution in [-0.2, 0) is 6.42 Å². The molecule has 0 atom stereocenters. The van der Waals surface area contributed by atoms with Gasteiger partial charge < -0.3 is 0 Å². The van der Waals surface area contributed by atoms with Crippen molar-refractivity contribution >= 4 is 17.0 Å². The molecule has 1 aromatic rings. The van der Waals surface area contributed by atoms with Crippen LogP contribution in [0.25, 0.3) is 0 Å². The van der Waals surface area contributed by atoms with Gasteiger partial charge in [-0.25, -0.2) is 0 Å². The van der Waals surface area contributed by atoms with E-state index in [0.717, 1.165) is 0 Å². The Labute approximate surface area is 161 Å². The monoisotopic (exact) mass is 397 g/mol. The molecule has 0 saturated heterocycles. The molecule has 1 heterocycles. The molecule has 0 N–H and O–H groups in total. The second-order valence-corrected chi connectivity index (χ2v) is 7.06. The van der Waals surface area contributed by atoms with Gasteiger partial charge >= 0.3 is 0 Å². The van der Waals surface area contributed by atoms with Crippen LogP contribution in [0.3, 0.4) is 0 Å². The van der Waals surface area contributed by atoms with Crippen molar-refractivity contribution in [2.45, 2.75) is 110 Å². The first-order valence-electron chi connectivity index (χ1n) is 10.3. The van der Waals surface area contributed by atoms with Crippen LogP contribution in [-0.4, -0.2) is 4.98 Å². The van der Waals surface area contributed by atoms with E-state index in [-0.39, 0.29) is 17.0 Å². The number of rotatable bonds is 16. The maximum atomic E-state index is 4.17. The molecule has 0 aliphatic carbocycles. The normalized spacial score (nSPS) is 10.5. The van der Waals surface area contributed by atoms with E-state index in [1.165, 1.54) is 108 Å². The Hall–Kier alpha value is -0.370. The first kappa shape index (κ1) is 23.6. The fourth-order valence-electron chi connectivity index (χ4n) is 3.25. The molecule has 0 fully saturated rings. The highest BCUT2D eigenvalue weighted by molar-refractivity contribution is 8.93. The van der Waals surface area contributed by atoms with Crippen molar-refractivity contribution in [3.8, 4) is 0 Å². The van der Waals surface area contributed by atoms with Crippen LogP contribution in [0.1, 0.15) is 109 Å². The van der Waals surface area contributed by atoms with Gasteiger partial charge in [-0.3, -0.25) is 4.98 Å². The predicted octanol–water partition coefficient (Wildman–Crippen LogP) is 8.07. The van der Waals surface area contributed by atoms with Crippen molar-refractivity contribution in [1.82, 2.24) is 4.98 Å². The van der Waals surface area contributed by atoms with Gasteiger partial charge in [-0.05, 0) is 24.5 Å². The van der Waals surface area contributed by atoms with E-state index < -0.39 is 0 Å². The number of unbranched alkanes of at least 4 members (excludes halogenated alkanes) is 14. The van der Waals surface area contributed by atoms with Crippen molar-refractivity contribution in [3.63, 3.8) is 0 Å². The van der Waals surface area contributed by atoms with Gasteiger partial charge in [0.25, 0.3) is 0 Å². The molecule has 0 aliphatic rings. The number of hydrogen-bond acceptors (Lipinski definition) is 1. The average Bonchev–Trinajstić information content (AvgIpc) is 2.59. The summed E-state index contributed by atoms with van der Waals surface area (Å²) in [5, 5.41) is 0. The molecular formula is C22H40BrN. The van der Waals surface area contributed by atoms with E-state index >= 15 is 0 Å². The molecule has 2 heteroatoms. The first-order valence-corrected chi connectivity index (χ1v) is 10.3. The van der Waals surface area contributed by atoms with Crippen molar-refractivity contribution in [2.24, 2.45) is 0 Å². The van der Waals surface area contributed by atoms with Gasteiger partial charge in [0.15, 0.2) is 0 Å². The van der Waals surface area contributed by atoms with Crippen LogP contribution in [0, 0.1) is 0 Å². The van der Waals surface area contributed by atoms with E-state index in [1.807, 2.05) is 18.5 Å². The van der Waals surface area contributed by atoms with Crippen molar-refractivity contribution in [3.05, 3.63) is 30.1 Å². The third kappa shape index (κ3) is 15.2. The Morgan fingerprint density at radius 2 is 1.12 bits per heavy atom. The molecule has 0 radical (unpaired) electrons. The molecule has 1 rings (SSSR count). The quantitative estimate of drug-likeness (QED) is 0.257. The highest BCUT2D eigenvalue weighted by atomic mass is 79.9. The topological polar surface area (TPSA) is 12.9 Å². The fourth-order valence-corrected chi connectivity index (χ4v) is 3.25. The van der Waals surface area contributed by atoms with E-state index in [9.17, 15) is 0 Å². The lowest BCUT2D eigenvalue weighted by molar-refractivity contribution is 0.532. The summed E-state index contributed by atoms with van der Waals surface area (Å²) in [4.78, 5) is 4.17. The maximum absolute atomic E-state index is 4.17. The summed E-state index contributed by atoms with van der Waals surface area (Å²) in [5.74, 6) is 0. The molecule has 0 amide bonds. The lowest BCUT2D eigenvalue weighted by atomic mass is 10.0. The number of hydrogen-bond donors (Lipinski definition) is 0. The SMILES string of the molecule is Br.CCCCCCCCCCCCCCCCCc1cccnc1. The molecule has 0 unspecified atom stereocenters. The molecule has 0 aromatic carbocycles. The summed E-state index contributed by atoms with van der Waals surface area (Å²) < 4.78 is 0. The van der Waals surface area contributed by atoms with Crippen molar-refractivity contribution in [2.75, 3.05) is 0 Å². The Balaban J connectivity index is 0.00000529. The zero-order valence-electron chi connectivity index (χ0n) is 16.0. The summed E-state index contributed by atoms with van der Waals surface area (Å²) >= 11 is 0. The number of nitrogens with zero attached hydrogens (tertiary/aromatic N) is 1. The predicted molar refractivity (Wildman–Crippen MR) is 113 cm³/mol.